The van der Waals surface area contributed by atoms with Crippen LogP contribution >= 0.6 is 0 Å². The van der Waals surface area contributed by atoms with E-state index in [-0.39, 0.29) is 5.56 Å². The third-order valence-corrected chi connectivity index (χ3v) is 8.67. The van der Waals surface area contributed by atoms with E-state index in [2.05, 4.69) is 121 Å². The summed E-state index contributed by atoms with van der Waals surface area (Å²) < 4.78 is 1.67. The fourth-order valence-electron chi connectivity index (χ4n) is 7.13. The van der Waals surface area contributed by atoms with Gasteiger partial charge in [-0.3, -0.25) is 4.79 Å². The van der Waals surface area contributed by atoms with Crippen molar-refractivity contribution < 1.29 is 0 Å². The fraction of sp³-hybridized carbons (Fsp3) is 0.0833. The summed E-state index contributed by atoms with van der Waals surface area (Å²) in [4.78, 5) is 15.3. The smallest absolute Gasteiger partial charge is 0.258 e. The van der Waals surface area contributed by atoms with Crippen molar-refractivity contribution in [1.29, 1.82) is 0 Å². The lowest BCUT2D eigenvalue weighted by Crippen LogP contribution is -2.36. The Labute approximate surface area is 227 Å². The molecule has 0 saturated heterocycles. The zero-order valence-electron chi connectivity index (χ0n) is 21.8. The summed E-state index contributed by atoms with van der Waals surface area (Å²) in [5.41, 5.74) is 11.8. The van der Waals surface area contributed by atoms with Crippen LogP contribution in [-0.2, 0) is 12.5 Å². The second-order valence-electron chi connectivity index (χ2n) is 10.7. The lowest BCUT2D eigenvalue weighted by Gasteiger charge is -2.45. The minimum atomic E-state index is -0.417. The Morgan fingerprint density at radius 2 is 1.10 bits per heavy atom. The van der Waals surface area contributed by atoms with Gasteiger partial charge in [0, 0.05) is 24.3 Å². The van der Waals surface area contributed by atoms with Gasteiger partial charge in [-0.2, -0.15) is 0 Å². The first-order valence-electron chi connectivity index (χ1n) is 13.4. The number of para-hydroxylation sites is 2. The first-order valence-corrected chi connectivity index (χ1v) is 13.4. The fourth-order valence-corrected chi connectivity index (χ4v) is 7.13. The number of hydrogen-bond donors (Lipinski definition) is 0. The molecule has 3 heteroatoms. The van der Waals surface area contributed by atoms with E-state index < -0.39 is 5.41 Å². The normalized spacial score (nSPS) is 14.2. The molecule has 2 heterocycles. The van der Waals surface area contributed by atoms with E-state index in [9.17, 15) is 4.79 Å². The first kappa shape index (κ1) is 22.1. The first-order chi connectivity index (χ1) is 19.1. The van der Waals surface area contributed by atoms with Gasteiger partial charge in [0.15, 0.2) is 0 Å². The third-order valence-electron chi connectivity index (χ3n) is 8.67. The van der Waals surface area contributed by atoms with Crippen LogP contribution < -0.4 is 10.5 Å². The molecular weight excluding hydrogens is 476 g/mol. The van der Waals surface area contributed by atoms with Gasteiger partial charge in [-0.25, -0.2) is 0 Å². The number of pyridine rings is 1. The summed E-state index contributed by atoms with van der Waals surface area (Å²) in [5, 5.41) is 1.73. The van der Waals surface area contributed by atoms with Crippen molar-refractivity contribution >= 4 is 27.8 Å². The van der Waals surface area contributed by atoms with E-state index in [4.69, 9.17) is 0 Å². The Hall–Kier alpha value is -4.89. The van der Waals surface area contributed by atoms with E-state index in [1.54, 1.807) is 4.57 Å². The highest BCUT2D eigenvalue weighted by Gasteiger charge is 2.51. The molecule has 5 aromatic carbocycles. The number of benzene rings is 5. The number of fused-ring (bicyclic) bond motifs is 10. The van der Waals surface area contributed by atoms with Crippen molar-refractivity contribution in [1.82, 2.24) is 4.57 Å². The van der Waals surface area contributed by atoms with Gasteiger partial charge in [0.1, 0.15) is 0 Å². The molecule has 0 atom stereocenters. The van der Waals surface area contributed by atoms with Crippen LogP contribution in [0, 0.1) is 6.92 Å². The van der Waals surface area contributed by atoms with Crippen LogP contribution in [0.2, 0.25) is 0 Å². The third kappa shape index (κ3) is 2.74. The largest absolute Gasteiger partial charge is 0.318 e. The average molecular weight is 503 g/mol. The molecule has 2 aliphatic rings. The monoisotopic (exact) mass is 502 g/mol. The minimum absolute atomic E-state index is 0.0275. The summed E-state index contributed by atoms with van der Waals surface area (Å²) in [6.45, 7) is 2.07. The Bertz CT molecular complexity index is 1940. The molecule has 8 rings (SSSR count). The van der Waals surface area contributed by atoms with Crippen molar-refractivity contribution in [2.45, 2.75) is 12.3 Å². The van der Waals surface area contributed by atoms with E-state index >= 15 is 0 Å². The lowest BCUT2D eigenvalue weighted by molar-refractivity contribution is 0.752. The van der Waals surface area contributed by atoms with Crippen molar-refractivity contribution in [3.63, 3.8) is 0 Å². The number of nitrogens with zero attached hydrogens (tertiary/aromatic N) is 2. The molecule has 1 aromatic heterocycles. The Morgan fingerprint density at radius 1 is 0.590 bits per heavy atom. The van der Waals surface area contributed by atoms with Gasteiger partial charge < -0.3 is 9.47 Å². The highest BCUT2D eigenvalue weighted by molar-refractivity contribution is 5.97. The van der Waals surface area contributed by atoms with Crippen molar-refractivity contribution in [2.24, 2.45) is 7.05 Å². The maximum absolute atomic E-state index is 12.9. The van der Waals surface area contributed by atoms with Crippen LogP contribution in [0.1, 0.15) is 27.8 Å². The molecule has 0 unspecified atom stereocenters. The quantitative estimate of drug-likeness (QED) is 0.227. The molecule has 186 valence electrons. The molecule has 0 bridgehead atoms. The molecule has 1 spiro atoms. The molecule has 1 aliphatic carbocycles. The molecule has 0 saturated carbocycles. The predicted molar refractivity (Wildman–Crippen MR) is 159 cm³/mol. The van der Waals surface area contributed by atoms with Gasteiger partial charge in [-0.1, -0.05) is 84.9 Å². The van der Waals surface area contributed by atoms with Crippen LogP contribution in [0.5, 0.6) is 0 Å². The molecule has 0 radical (unpaired) electrons. The van der Waals surface area contributed by atoms with E-state index in [1.165, 1.54) is 33.4 Å². The summed E-state index contributed by atoms with van der Waals surface area (Å²) in [6.07, 6.45) is 1.92. The van der Waals surface area contributed by atoms with Gasteiger partial charge >= 0.3 is 0 Å². The zero-order valence-corrected chi connectivity index (χ0v) is 21.8. The highest BCUT2D eigenvalue weighted by atomic mass is 16.1. The molecule has 3 nitrogen and oxygen atoms in total. The average Bonchev–Trinajstić information content (AvgIpc) is 3.27. The molecule has 0 amide bonds. The van der Waals surface area contributed by atoms with E-state index in [1.807, 2.05) is 19.3 Å². The molecule has 0 fully saturated rings. The highest BCUT2D eigenvalue weighted by Crippen LogP contribution is 2.63. The summed E-state index contributed by atoms with van der Waals surface area (Å²) >= 11 is 0. The number of hydrogen-bond acceptors (Lipinski definition) is 2. The SMILES string of the molecule is Cc1cn(C)c(=O)c2ccc(N3c4ccccc4C4(c5ccccc5-c5ccccc54)c4ccccc43)cc12. The van der Waals surface area contributed by atoms with Crippen LogP contribution in [0.25, 0.3) is 21.9 Å². The van der Waals surface area contributed by atoms with Crippen molar-refractivity contribution in [3.8, 4) is 11.1 Å². The number of aryl methyl sites for hydroxylation is 2. The van der Waals surface area contributed by atoms with Gasteiger partial charge in [-0.15, -0.1) is 0 Å². The maximum Gasteiger partial charge on any atom is 0.258 e. The zero-order chi connectivity index (χ0) is 26.3. The Kier molecular flexibility index (Phi) is 4.43. The second kappa shape index (κ2) is 7.81. The van der Waals surface area contributed by atoms with Crippen LogP contribution in [0.3, 0.4) is 0 Å². The standard InChI is InChI=1S/C36H26N2O/c1-23-22-37(2)35(39)27-20-19-24(21-28(23)27)38-33-17-9-7-15-31(33)36(32-16-8-10-18-34(32)38)29-13-5-3-11-25(29)26-12-4-6-14-30(26)36/h3-22H,1-2H3. The summed E-state index contributed by atoms with van der Waals surface area (Å²) in [5.74, 6) is 0. The van der Waals surface area contributed by atoms with Crippen LogP contribution in [0.15, 0.2) is 126 Å². The maximum atomic E-state index is 12.9. The topological polar surface area (TPSA) is 25.2 Å². The minimum Gasteiger partial charge on any atom is -0.318 e. The summed E-state index contributed by atoms with van der Waals surface area (Å²) in [6, 6.07) is 41.6. The lowest BCUT2D eigenvalue weighted by atomic mass is 9.64. The van der Waals surface area contributed by atoms with Crippen molar-refractivity contribution in [3.05, 3.63) is 160 Å². The molecule has 6 aromatic rings. The van der Waals surface area contributed by atoms with Crippen molar-refractivity contribution in [2.75, 3.05) is 4.90 Å². The predicted octanol–water partition coefficient (Wildman–Crippen LogP) is 7.99. The Morgan fingerprint density at radius 3 is 1.69 bits per heavy atom. The summed E-state index contributed by atoms with van der Waals surface area (Å²) in [7, 11) is 1.82. The Balaban J connectivity index is 1.48. The number of rotatable bonds is 1. The van der Waals surface area contributed by atoms with E-state index in [0.29, 0.717) is 0 Å². The van der Waals surface area contributed by atoms with Gasteiger partial charge in [-0.05, 0) is 81.6 Å². The van der Waals surface area contributed by atoms with Crippen LogP contribution in [-0.4, -0.2) is 4.57 Å². The van der Waals surface area contributed by atoms with Gasteiger partial charge in [0.25, 0.3) is 5.56 Å². The molecular formula is C36H26N2O. The molecule has 1 aliphatic heterocycles. The van der Waals surface area contributed by atoms with Crippen LogP contribution in [0.4, 0.5) is 17.1 Å². The molecule has 39 heavy (non-hydrogen) atoms. The van der Waals surface area contributed by atoms with Gasteiger partial charge in [0.05, 0.1) is 16.8 Å². The number of anilines is 3. The second-order valence-corrected chi connectivity index (χ2v) is 10.7. The molecule has 0 N–H and O–H groups in total. The number of aromatic nitrogens is 1. The van der Waals surface area contributed by atoms with E-state index in [0.717, 1.165) is 33.4 Å². The van der Waals surface area contributed by atoms with Gasteiger partial charge in [0.2, 0.25) is 0 Å².